The molecule has 0 aliphatic carbocycles. The van der Waals surface area contributed by atoms with Crippen LogP contribution in [0.25, 0.3) is 11.3 Å². The molecule has 3 rings (SSSR count). The summed E-state index contributed by atoms with van der Waals surface area (Å²) in [5.41, 5.74) is 1.36. The number of hydrogen-bond acceptors (Lipinski definition) is 4. The largest absolute Gasteiger partial charge is 0.337 e. The molecule has 1 aromatic heterocycles. The first kappa shape index (κ1) is 14.8. The fourth-order valence-electron chi connectivity index (χ4n) is 1.91. The van der Waals surface area contributed by atoms with Crippen LogP contribution in [0.15, 0.2) is 74.6 Å². The highest BCUT2D eigenvalue weighted by Gasteiger charge is 2.17. The highest BCUT2D eigenvalue weighted by atomic mass is 79.9. The van der Waals surface area contributed by atoms with E-state index in [2.05, 4.69) is 25.8 Å². The third-order valence-corrected chi connectivity index (χ3v) is 5.00. The Hall–Kier alpha value is -2.12. The van der Waals surface area contributed by atoms with E-state index < -0.39 is 10.0 Å². The molecule has 0 aliphatic rings. The fraction of sp³-hybridized carbons (Fsp3) is 0. The van der Waals surface area contributed by atoms with Crippen LogP contribution in [0, 0.1) is 0 Å². The van der Waals surface area contributed by atoms with Crippen LogP contribution < -0.4 is 4.72 Å². The third-order valence-electron chi connectivity index (χ3n) is 2.95. The van der Waals surface area contributed by atoms with Gasteiger partial charge in [0.2, 0.25) is 5.88 Å². The number of rotatable bonds is 4. The van der Waals surface area contributed by atoms with Crippen LogP contribution in [0.2, 0.25) is 0 Å². The van der Waals surface area contributed by atoms with Gasteiger partial charge in [-0.1, -0.05) is 57.5 Å². The average molecular weight is 379 g/mol. The van der Waals surface area contributed by atoms with Crippen molar-refractivity contribution in [2.45, 2.75) is 4.90 Å². The van der Waals surface area contributed by atoms with E-state index in [0.717, 1.165) is 10.0 Å². The molecule has 112 valence electrons. The van der Waals surface area contributed by atoms with E-state index in [4.69, 9.17) is 4.52 Å². The molecule has 7 heteroatoms. The molecule has 0 fully saturated rings. The second kappa shape index (κ2) is 5.94. The minimum atomic E-state index is -3.69. The summed E-state index contributed by atoms with van der Waals surface area (Å²) in [5.74, 6) is 0.0645. The first-order chi connectivity index (χ1) is 10.6. The number of hydrogen-bond donors (Lipinski definition) is 1. The summed E-state index contributed by atoms with van der Waals surface area (Å²) >= 11 is 3.42. The maximum absolute atomic E-state index is 12.2. The summed E-state index contributed by atoms with van der Waals surface area (Å²) in [7, 11) is -3.69. The van der Waals surface area contributed by atoms with Crippen LogP contribution in [0.1, 0.15) is 0 Å². The van der Waals surface area contributed by atoms with Crippen molar-refractivity contribution in [2.24, 2.45) is 0 Å². The first-order valence-electron chi connectivity index (χ1n) is 6.36. The zero-order chi connectivity index (χ0) is 15.6. The van der Waals surface area contributed by atoms with E-state index in [9.17, 15) is 8.42 Å². The molecule has 0 amide bonds. The summed E-state index contributed by atoms with van der Waals surface area (Å²) in [5, 5.41) is 3.89. The molecule has 1 N–H and O–H groups in total. The summed E-state index contributed by atoms with van der Waals surface area (Å²) in [6.45, 7) is 0. The number of nitrogens with zero attached hydrogens (tertiary/aromatic N) is 1. The molecule has 2 aromatic carbocycles. The van der Waals surface area contributed by atoms with Gasteiger partial charge in [0.25, 0.3) is 10.0 Å². The predicted molar refractivity (Wildman–Crippen MR) is 86.9 cm³/mol. The molecule has 0 radical (unpaired) electrons. The first-order valence-corrected chi connectivity index (χ1v) is 8.63. The predicted octanol–water partition coefficient (Wildman–Crippen LogP) is 3.90. The zero-order valence-corrected chi connectivity index (χ0v) is 13.6. The summed E-state index contributed by atoms with van der Waals surface area (Å²) < 4.78 is 32.7. The SMILES string of the molecule is O=S(=O)(Nc1cc(-c2ccccc2Br)no1)c1ccccc1. The molecule has 3 aromatic rings. The van der Waals surface area contributed by atoms with Crippen molar-refractivity contribution in [3.05, 3.63) is 65.1 Å². The molecule has 5 nitrogen and oxygen atoms in total. The molecular formula is C15H11BrN2O3S. The van der Waals surface area contributed by atoms with E-state index in [1.165, 1.54) is 12.1 Å². The molecule has 0 bridgehead atoms. The Labute approximate surface area is 136 Å². The fourth-order valence-corrected chi connectivity index (χ4v) is 3.39. The average Bonchev–Trinajstić information content (AvgIpc) is 2.96. The molecule has 22 heavy (non-hydrogen) atoms. The van der Waals surface area contributed by atoms with Gasteiger partial charge < -0.3 is 4.52 Å². The summed E-state index contributed by atoms with van der Waals surface area (Å²) in [6.07, 6.45) is 0. The zero-order valence-electron chi connectivity index (χ0n) is 11.2. The van der Waals surface area contributed by atoms with Crippen LogP contribution in [0.4, 0.5) is 5.88 Å². The van der Waals surface area contributed by atoms with Gasteiger partial charge in [0, 0.05) is 16.1 Å². The van der Waals surface area contributed by atoms with Crippen molar-refractivity contribution in [3.8, 4) is 11.3 Å². The highest BCUT2D eigenvalue weighted by molar-refractivity contribution is 9.10. The molecule has 0 saturated carbocycles. The van der Waals surface area contributed by atoms with Gasteiger partial charge in [-0.15, -0.1) is 0 Å². The number of halogens is 1. The van der Waals surface area contributed by atoms with Crippen LogP contribution in [-0.4, -0.2) is 13.6 Å². The topological polar surface area (TPSA) is 72.2 Å². The number of sulfonamides is 1. The van der Waals surface area contributed by atoms with Crippen molar-refractivity contribution >= 4 is 31.8 Å². The van der Waals surface area contributed by atoms with E-state index >= 15 is 0 Å². The van der Waals surface area contributed by atoms with Crippen LogP contribution >= 0.6 is 15.9 Å². The lowest BCUT2D eigenvalue weighted by atomic mass is 10.2. The summed E-state index contributed by atoms with van der Waals surface area (Å²) in [6, 6.07) is 17.1. The lowest BCUT2D eigenvalue weighted by Gasteiger charge is -2.03. The number of anilines is 1. The van der Waals surface area contributed by atoms with Crippen molar-refractivity contribution in [1.82, 2.24) is 5.16 Å². The molecular weight excluding hydrogens is 368 g/mol. The van der Waals surface area contributed by atoms with Gasteiger partial charge in [-0.3, -0.25) is 0 Å². The van der Waals surface area contributed by atoms with E-state index in [1.54, 1.807) is 24.3 Å². The summed E-state index contributed by atoms with van der Waals surface area (Å²) in [4.78, 5) is 0.161. The number of aromatic nitrogens is 1. The molecule has 0 unspecified atom stereocenters. The number of nitrogens with one attached hydrogen (secondary N) is 1. The van der Waals surface area contributed by atoms with Crippen molar-refractivity contribution in [1.29, 1.82) is 0 Å². The number of benzene rings is 2. The molecule has 0 aliphatic heterocycles. The van der Waals surface area contributed by atoms with Gasteiger partial charge in [0.1, 0.15) is 5.69 Å². The molecule has 0 spiro atoms. The Morgan fingerprint density at radius 1 is 1.00 bits per heavy atom. The van der Waals surface area contributed by atoms with Gasteiger partial charge in [0.15, 0.2) is 0 Å². The van der Waals surface area contributed by atoms with Gasteiger partial charge >= 0.3 is 0 Å². The molecule has 0 saturated heterocycles. The van der Waals surface area contributed by atoms with Gasteiger partial charge in [-0.25, -0.2) is 13.1 Å². The lowest BCUT2D eigenvalue weighted by Crippen LogP contribution is -2.12. The maximum Gasteiger partial charge on any atom is 0.264 e. The van der Waals surface area contributed by atoms with Crippen LogP contribution in [-0.2, 0) is 10.0 Å². The van der Waals surface area contributed by atoms with Crippen molar-refractivity contribution in [2.75, 3.05) is 4.72 Å². The molecule has 0 atom stereocenters. The Balaban J connectivity index is 1.88. The minimum absolute atomic E-state index is 0.0645. The monoisotopic (exact) mass is 378 g/mol. The Morgan fingerprint density at radius 3 is 2.41 bits per heavy atom. The lowest BCUT2D eigenvalue weighted by molar-refractivity contribution is 0.438. The Bertz CT molecular complexity index is 892. The van der Waals surface area contributed by atoms with Gasteiger partial charge in [-0.2, -0.15) is 0 Å². The van der Waals surface area contributed by atoms with Crippen LogP contribution in [0.3, 0.4) is 0 Å². The maximum atomic E-state index is 12.2. The Kier molecular flexibility index (Phi) is 4.00. The molecule has 1 heterocycles. The highest BCUT2D eigenvalue weighted by Crippen LogP contribution is 2.29. The van der Waals surface area contributed by atoms with Crippen molar-refractivity contribution in [3.63, 3.8) is 0 Å². The van der Waals surface area contributed by atoms with E-state index in [-0.39, 0.29) is 10.8 Å². The van der Waals surface area contributed by atoms with E-state index in [0.29, 0.717) is 5.69 Å². The van der Waals surface area contributed by atoms with E-state index in [1.807, 2.05) is 24.3 Å². The third kappa shape index (κ3) is 3.05. The van der Waals surface area contributed by atoms with Crippen molar-refractivity contribution < 1.29 is 12.9 Å². The quantitative estimate of drug-likeness (QED) is 0.746. The Morgan fingerprint density at radius 2 is 1.68 bits per heavy atom. The van der Waals surface area contributed by atoms with Gasteiger partial charge in [0.05, 0.1) is 4.90 Å². The van der Waals surface area contributed by atoms with Crippen LogP contribution in [0.5, 0.6) is 0 Å². The normalized spacial score (nSPS) is 11.3. The smallest absolute Gasteiger partial charge is 0.264 e. The standard InChI is InChI=1S/C15H11BrN2O3S/c16-13-9-5-4-8-12(13)14-10-15(21-17-14)18-22(19,20)11-6-2-1-3-7-11/h1-10,18H. The second-order valence-electron chi connectivity index (χ2n) is 4.47. The second-order valence-corrected chi connectivity index (χ2v) is 7.01. The van der Waals surface area contributed by atoms with Gasteiger partial charge in [-0.05, 0) is 18.2 Å². The minimum Gasteiger partial charge on any atom is -0.337 e.